The summed E-state index contributed by atoms with van der Waals surface area (Å²) >= 11 is 0. The molecule has 0 unspecified atom stereocenters. The third-order valence-electron chi connectivity index (χ3n) is 6.05. The van der Waals surface area contributed by atoms with E-state index < -0.39 is 0 Å². The van der Waals surface area contributed by atoms with Gasteiger partial charge in [-0.25, -0.2) is 0 Å². The minimum atomic E-state index is 0.323. The van der Waals surface area contributed by atoms with Gasteiger partial charge in [0.05, 0.1) is 0 Å². The van der Waals surface area contributed by atoms with Crippen LogP contribution in [0.3, 0.4) is 0 Å². The van der Waals surface area contributed by atoms with Crippen LogP contribution in [-0.4, -0.2) is 29.6 Å². The van der Waals surface area contributed by atoms with E-state index in [-0.39, 0.29) is 0 Å². The van der Waals surface area contributed by atoms with Crippen LogP contribution in [0.5, 0.6) is 0 Å². The standard InChI is InChI=1S/C19H38N2/c1-4-7-17-10-12-19(15-20,13-11-17)21(14-16(2)3)18-8-5-6-9-18/h16-18H,4-15,20H2,1-3H3. The summed E-state index contributed by atoms with van der Waals surface area (Å²) in [4.78, 5) is 2.88. The van der Waals surface area contributed by atoms with Gasteiger partial charge in [0.2, 0.25) is 0 Å². The maximum atomic E-state index is 6.36. The zero-order valence-corrected chi connectivity index (χ0v) is 14.7. The van der Waals surface area contributed by atoms with Gasteiger partial charge in [0.25, 0.3) is 0 Å². The highest BCUT2D eigenvalue weighted by atomic mass is 15.2. The van der Waals surface area contributed by atoms with E-state index in [1.54, 1.807) is 0 Å². The molecular weight excluding hydrogens is 256 g/mol. The summed E-state index contributed by atoms with van der Waals surface area (Å²) in [5.41, 5.74) is 6.68. The normalized spacial score (nSPS) is 31.4. The fourth-order valence-corrected chi connectivity index (χ4v) is 4.86. The van der Waals surface area contributed by atoms with Crippen LogP contribution in [0.2, 0.25) is 0 Å². The van der Waals surface area contributed by atoms with Gasteiger partial charge >= 0.3 is 0 Å². The summed E-state index contributed by atoms with van der Waals surface area (Å²) in [6, 6.07) is 0.818. The van der Waals surface area contributed by atoms with Crippen LogP contribution in [0.15, 0.2) is 0 Å². The number of rotatable bonds is 7. The van der Waals surface area contributed by atoms with Crippen molar-refractivity contribution in [2.45, 2.75) is 96.6 Å². The minimum absolute atomic E-state index is 0.323. The van der Waals surface area contributed by atoms with E-state index in [0.717, 1.165) is 24.4 Å². The molecule has 2 N–H and O–H groups in total. The number of hydrogen-bond acceptors (Lipinski definition) is 2. The van der Waals surface area contributed by atoms with Crippen molar-refractivity contribution in [1.82, 2.24) is 4.90 Å². The van der Waals surface area contributed by atoms with E-state index in [0.29, 0.717) is 5.54 Å². The highest BCUT2D eigenvalue weighted by Gasteiger charge is 2.42. The molecular formula is C19H38N2. The van der Waals surface area contributed by atoms with Gasteiger partial charge in [0.1, 0.15) is 0 Å². The number of nitrogens with zero attached hydrogens (tertiary/aromatic N) is 1. The lowest BCUT2D eigenvalue weighted by molar-refractivity contribution is -0.000697. The third-order valence-corrected chi connectivity index (χ3v) is 6.05. The summed E-state index contributed by atoms with van der Waals surface area (Å²) in [6.45, 7) is 9.19. The molecule has 0 saturated heterocycles. The van der Waals surface area contributed by atoms with Crippen molar-refractivity contribution in [2.24, 2.45) is 17.6 Å². The molecule has 2 fully saturated rings. The molecule has 21 heavy (non-hydrogen) atoms. The van der Waals surface area contributed by atoms with E-state index in [4.69, 9.17) is 5.73 Å². The van der Waals surface area contributed by atoms with E-state index in [9.17, 15) is 0 Å². The molecule has 0 bridgehead atoms. The van der Waals surface area contributed by atoms with Crippen LogP contribution in [0.1, 0.15) is 85.0 Å². The lowest BCUT2D eigenvalue weighted by Crippen LogP contribution is -2.59. The van der Waals surface area contributed by atoms with E-state index >= 15 is 0 Å². The van der Waals surface area contributed by atoms with Crippen molar-refractivity contribution >= 4 is 0 Å². The van der Waals surface area contributed by atoms with Crippen LogP contribution in [-0.2, 0) is 0 Å². The van der Waals surface area contributed by atoms with Crippen molar-refractivity contribution in [3.8, 4) is 0 Å². The van der Waals surface area contributed by atoms with Gasteiger partial charge in [-0.05, 0) is 50.4 Å². The van der Waals surface area contributed by atoms with Crippen molar-refractivity contribution in [2.75, 3.05) is 13.1 Å². The predicted molar refractivity (Wildman–Crippen MR) is 92.5 cm³/mol. The number of nitrogens with two attached hydrogens (primary N) is 1. The first-order valence-corrected chi connectivity index (χ1v) is 9.58. The summed E-state index contributed by atoms with van der Waals surface area (Å²) in [5, 5.41) is 0. The molecule has 0 heterocycles. The average Bonchev–Trinajstić information content (AvgIpc) is 3.00. The Labute approximate surface area is 132 Å². The van der Waals surface area contributed by atoms with Gasteiger partial charge in [-0.15, -0.1) is 0 Å². The zero-order valence-electron chi connectivity index (χ0n) is 14.7. The van der Waals surface area contributed by atoms with Crippen LogP contribution >= 0.6 is 0 Å². The molecule has 0 aromatic heterocycles. The Morgan fingerprint density at radius 2 is 1.71 bits per heavy atom. The molecule has 2 rings (SSSR count). The van der Waals surface area contributed by atoms with Crippen molar-refractivity contribution < 1.29 is 0 Å². The Hall–Kier alpha value is -0.0800. The van der Waals surface area contributed by atoms with Gasteiger partial charge < -0.3 is 5.73 Å². The Balaban J connectivity index is 2.07. The van der Waals surface area contributed by atoms with Gasteiger partial charge in [0, 0.05) is 24.7 Å². The molecule has 124 valence electrons. The van der Waals surface area contributed by atoms with Gasteiger partial charge in [-0.2, -0.15) is 0 Å². The first kappa shape index (κ1) is 17.3. The molecule has 0 atom stereocenters. The first-order chi connectivity index (χ1) is 10.1. The Kier molecular flexibility index (Phi) is 6.55. The Morgan fingerprint density at radius 1 is 1.10 bits per heavy atom. The van der Waals surface area contributed by atoms with Gasteiger partial charge in [-0.3, -0.25) is 4.90 Å². The molecule has 0 radical (unpaired) electrons. The van der Waals surface area contributed by atoms with Crippen LogP contribution in [0, 0.1) is 11.8 Å². The van der Waals surface area contributed by atoms with Gasteiger partial charge in [-0.1, -0.05) is 46.5 Å². The van der Waals surface area contributed by atoms with E-state index in [1.807, 2.05) is 0 Å². The monoisotopic (exact) mass is 294 g/mol. The van der Waals surface area contributed by atoms with E-state index in [2.05, 4.69) is 25.7 Å². The first-order valence-electron chi connectivity index (χ1n) is 9.58. The molecule has 2 saturated carbocycles. The third kappa shape index (κ3) is 4.22. The Morgan fingerprint density at radius 3 is 2.19 bits per heavy atom. The molecule has 0 amide bonds. The average molecular weight is 295 g/mol. The SMILES string of the molecule is CCCC1CCC(CN)(N(CC(C)C)C2CCCC2)CC1. The zero-order chi connectivity index (χ0) is 15.3. The quantitative estimate of drug-likeness (QED) is 0.745. The molecule has 2 aliphatic carbocycles. The van der Waals surface area contributed by atoms with Crippen LogP contribution in [0.25, 0.3) is 0 Å². The summed E-state index contributed by atoms with van der Waals surface area (Å²) < 4.78 is 0. The second kappa shape index (κ2) is 7.97. The fourth-order valence-electron chi connectivity index (χ4n) is 4.86. The van der Waals surface area contributed by atoms with E-state index in [1.165, 1.54) is 70.8 Å². The van der Waals surface area contributed by atoms with Crippen LogP contribution < -0.4 is 5.73 Å². The van der Waals surface area contributed by atoms with Crippen LogP contribution in [0.4, 0.5) is 0 Å². The minimum Gasteiger partial charge on any atom is -0.329 e. The molecule has 2 aliphatic rings. The highest BCUT2D eigenvalue weighted by molar-refractivity contribution is 4.99. The van der Waals surface area contributed by atoms with Crippen molar-refractivity contribution in [1.29, 1.82) is 0 Å². The van der Waals surface area contributed by atoms with Gasteiger partial charge in [0.15, 0.2) is 0 Å². The molecule has 0 spiro atoms. The highest BCUT2D eigenvalue weighted by Crippen LogP contribution is 2.41. The molecule has 2 heteroatoms. The summed E-state index contributed by atoms with van der Waals surface area (Å²) in [5.74, 6) is 1.72. The lowest BCUT2D eigenvalue weighted by Gasteiger charge is -2.51. The topological polar surface area (TPSA) is 29.3 Å². The predicted octanol–water partition coefficient (Wildman–Crippen LogP) is 4.57. The largest absolute Gasteiger partial charge is 0.329 e. The second-order valence-corrected chi connectivity index (χ2v) is 8.15. The smallest absolute Gasteiger partial charge is 0.0334 e. The lowest BCUT2D eigenvalue weighted by atomic mass is 9.73. The molecule has 2 nitrogen and oxygen atoms in total. The maximum absolute atomic E-state index is 6.36. The fraction of sp³-hybridized carbons (Fsp3) is 1.00. The summed E-state index contributed by atoms with van der Waals surface area (Å²) in [7, 11) is 0. The Bertz CT molecular complexity index is 286. The molecule has 0 aliphatic heterocycles. The molecule has 0 aromatic carbocycles. The molecule has 0 aromatic rings. The number of hydrogen-bond donors (Lipinski definition) is 1. The maximum Gasteiger partial charge on any atom is 0.0334 e. The summed E-state index contributed by atoms with van der Waals surface area (Å²) in [6.07, 6.45) is 14.0. The second-order valence-electron chi connectivity index (χ2n) is 8.15. The van der Waals surface area contributed by atoms with Crippen molar-refractivity contribution in [3.63, 3.8) is 0 Å². The van der Waals surface area contributed by atoms with Crippen molar-refractivity contribution in [3.05, 3.63) is 0 Å².